The first-order chi connectivity index (χ1) is 17.8. The van der Waals surface area contributed by atoms with Gasteiger partial charge in [0.25, 0.3) is 5.91 Å². The number of ether oxygens (including phenoxy) is 1. The van der Waals surface area contributed by atoms with Gasteiger partial charge in [-0.3, -0.25) is 4.79 Å². The molecule has 6 nitrogen and oxygen atoms in total. The fraction of sp³-hybridized carbons (Fsp3) is 0.167. The van der Waals surface area contributed by atoms with Gasteiger partial charge < -0.3 is 10.1 Å². The summed E-state index contributed by atoms with van der Waals surface area (Å²) in [5, 5.41) is 3.13. The number of hydrogen-bond acceptors (Lipinski definition) is 4. The molecule has 0 aromatic heterocycles. The Kier molecular flexibility index (Phi) is 8.06. The standard InChI is InChI=1S/C30H30N2O4S/c1-22-14-17-27(18-15-22)37(34,35)32(2)21-26-20-25(16-19-28(26)36-3)30(33)31-29(23-10-6-4-7-11-23)24-12-8-5-9-13-24/h4-20,29H,21H2,1-3H3,(H,31,33). The van der Waals surface area contributed by atoms with Gasteiger partial charge >= 0.3 is 0 Å². The fourth-order valence-electron chi connectivity index (χ4n) is 4.12. The van der Waals surface area contributed by atoms with E-state index >= 15 is 0 Å². The molecule has 0 fully saturated rings. The molecule has 0 heterocycles. The van der Waals surface area contributed by atoms with Gasteiger partial charge in [-0.25, -0.2) is 8.42 Å². The van der Waals surface area contributed by atoms with Gasteiger partial charge in [-0.2, -0.15) is 4.31 Å². The number of benzene rings is 4. The van der Waals surface area contributed by atoms with Crippen molar-refractivity contribution < 1.29 is 17.9 Å². The number of carbonyl (C=O) groups is 1. The van der Waals surface area contributed by atoms with Gasteiger partial charge in [0.05, 0.1) is 18.0 Å². The lowest BCUT2D eigenvalue weighted by Gasteiger charge is -2.21. The first kappa shape index (κ1) is 26.1. The number of amides is 1. The molecule has 1 amide bonds. The molecule has 0 aliphatic heterocycles. The summed E-state index contributed by atoms with van der Waals surface area (Å²) in [6, 6.07) is 30.9. The number of hydrogen-bond donors (Lipinski definition) is 1. The molecule has 0 spiro atoms. The quantitative estimate of drug-likeness (QED) is 0.327. The van der Waals surface area contributed by atoms with E-state index in [1.54, 1.807) is 42.5 Å². The maximum atomic E-state index is 13.4. The Hall–Kier alpha value is -3.94. The van der Waals surface area contributed by atoms with E-state index in [0.29, 0.717) is 16.9 Å². The van der Waals surface area contributed by atoms with Gasteiger partial charge in [-0.1, -0.05) is 78.4 Å². The molecule has 0 saturated carbocycles. The molecular formula is C30H30N2O4S. The van der Waals surface area contributed by atoms with Crippen LogP contribution in [0, 0.1) is 6.92 Å². The van der Waals surface area contributed by atoms with E-state index in [-0.39, 0.29) is 23.4 Å². The summed E-state index contributed by atoms with van der Waals surface area (Å²) < 4.78 is 33.0. The van der Waals surface area contributed by atoms with Crippen LogP contribution in [0.2, 0.25) is 0 Å². The van der Waals surface area contributed by atoms with Crippen molar-refractivity contribution >= 4 is 15.9 Å². The second-order valence-corrected chi connectivity index (χ2v) is 10.9. The largest absolute Gasteiger partial charge is 0.496 e. The highest BCUT2D eigenvalue weighted by molar-refractivity contribution is 7.89. The van der Waals surface area contributed by atoms with Crippen molar-refractivity contribution in [2.24, 2.45) is 0 Å². The van der Waals surface area contributed by atoms with Crippen molar-refractivity contribution in [2.75, 3.05) is 14.2 Å². The number of rotatable bonds is 9. The summed E-state index contributed by atoms with van der Waals surface area (Å²) in [5.74, 6) is 0.232. The zero-order chi connectivity index (χ0) is 26.4. The van der Waals surface area contributed by atoms with E-state index in [2.05, 4.69) is 5.32 Å². The molecule has 4 rings (SSSR count). The predicted molar refractivity (Wildman–Crippen MR) is 145 cm³/mol. The minimum absolute atomic E-state index is 0.0430. The van der Waals surface area contributed by atoms with Crippen molar-refractivity contribution in [1.29, 1.82) is 0 Å². The van der Waals surface area contributed by atoms with E-state index < -0.39 is 10.0 Å². The number of carbonyl (C=O) groups excluding carboxylic acids is 1. The van der Waals surface area contributed by atoms with Gasteiger partial charge in [0, 0.05) is 24.7 Å². The molecule has 4 aromatic rings. The van der Waals surface area contributed by atoms with Crippen LogP contribution in [-0.2, 0) is 16.6 Å². The lowest BCUT2D eigenvalue weighted by molar-refractivity contribution is 0.0942. The van der Waals surface area contributed by atoms with Crippen molar-refractivity contribution in [2.45, 2.75) is 24.4 Å². The molecule has 0 aliphatic rings. The predicted octanol–water partition coefficient (Wildman–Crippen LogP) is 5.34. The minimum atomic E-state index is -3.73. The normalized spacial score (nSPS) is 11.5. The lowest BCUT2D eigenvalue weighted by atomic mass is 9.98. The van der Waals surface area contributed by atoms with Gasteiger partial charge in [0.15, 0.2) is 0 Å². The smallest absolute Gasteiger partial charge is 0.252 e. The first-order valence-corrected chi connectivity index (χ1v) is 13.3. The SMILES string of the molecule is COc1ccc(C(=O)NC(c2ccccc2)c2ccccc2)cc1CN(C)S(=O)(=O)c1ccc(C)cc1. The Bertz CT molecular complexity index is 1420. The highest BCUT2D eigenvalue weighted by Gasteiger charge is 2.23. The van der Waals surface area contributed by atoms with Crippen LogP contribution in [0.25, 0.3) is 0 Å². The second kappa shape index (κ2) is 11.4. The lowest BCUT2D eigenvalue weighted by Crippen LogP contribution is -2.30. The Morgan fingerprint density at radius 2 is 1.43 bits per heavy atom. The third-order valence-electron chi connectivity index (χ3n) is 6.21. The first-order valence-electron chi connectivity index (χ1n) is 11.9. The number of sulfonamides is 1. The summed E-state index contributed by atoms with van der Waals surface area (Å²) in [5.41, 5.74) is 3.89. The van der Waals surface area contributed by atoms with Crippen LogP contribution in [0.3, 0.4) is 0 Å². The van der Waals surface area contributed by atoms with E-state index in [1.807, 2.05) is 67.6 Å². The minimum Gasteiger partial charge on any atom is -0.496 e. The summed E-state index contributed by atoms with van der Waals surface area (Å²) in [7, 11) is -0.688. The highest BCUT2D eigenvalue weighted by atomic mass is 32.2. The highest BCUT2D eigenvalue weighted by Crippen LogP contribution is 2.26. The molecule has 0 aliphatic carbocycles. The van der Waals surface area contributed by atoms with Crippen LogP contribution in [0.4, 0.5) is 0 Å². The van der Waals surface area contributed by atoms with Crippen LogP contribution in [-0.4, -0.2) is 32.8 Å². The van der Waals surface area contributed by atoms with E-state index in [4.69, 9.17) is 4.74 Å². The van der Waals surface area contributed by atoms with Gasteiger partial charge in [0.1, 0.15) is 5.75 Å². The van der Waals surface area contributed by atoms with Crippen LogP contribution < -0.4 is 10.1 Å². The summed E-state index contributed by atoms with van der Waals surface area (Å²) in [6.45, 7) is 1.95. The summed E-state index contributed by atoms with van der Waals surface area (Å²) in [6.07, 6.45) is 0. The molecule has 4 aromatic carbocycles. The number of nitrogens with zero attached hydrogens (tertiary/aromatic N) is 1. The Balaban J connectivity index is 1.60. The summed E-state index contributed by atoms with van der Waals surface area (Å²) in [4.78, 5) is 13.6. The van der Waals surface area contributed by atoms with E-state index in [1.165, 1.54) is 18.5 Å². The Morgan fingerprint density at radius 3 is 1.97 bits per heavy atom. The van der Waals surface area contributed by atoms with Gasteiger partial charge in [0.2, 0.25) is 10.0 Å². The van der Waals surface area contributed by atoms with Gasteiger partial charge in [-0.05, 0) is 48.4 Å². The average molecular weight is 515 g/mol. The summed E-state index contributed by atoms with van der Waals surface area (Å²) >= 11 is 0. The average Bonchev–Trinajstić information content (AvgIpc) is 2.92. The van der Waals surface area contributed by atoms with Crippen LogP contribution in [0.15, 0.2) is 108 Å². The number of nitrogens with one attached hydrogen (secondary N) is 1. The fourth-order valence-corrected chi connectivity index (χ4v) is 5.27. The maximum Gasteiger partial charge on any atom is 0.252 e. The molecule has 37 heavy (non-hydrogen) atoms. The third-order valence-corrected chi connectivity index (χ3v) is 8.02. The van der Waals surface area contributed by atoms with Crippen LogP contribution in [0.1, 0.15) is 38.7 Å². The molecule has 0 bridgehead atoms. The number of methoxy groups -OCH3 is 1. The van der Waals surface area contributed by atoms with Crippen molar-refractivity contribution in [3.05, 3.63) is 131 Å². The Morgan fingerprint density at radius 1 is 0.865 bits per heavy atom. The topological polar surface area (TPSA) is 75.7 Å². The van der Waals surface area contributed by atoms with E-state index in [9.17, 15) is 13.2 Å². The molecular weight excluding hydrogens is 484 g/mol. The Labute approximate surface area is 218 Å². The van der Waals surface area contributed by atoms with Crippen molar-refractivity contribution in [3.63, 3.8) is 0 Å². The molecule has 1 N–H and O–H groups in total. The molecule has 190 valence electrons. The molecule has 7 heteroatoms. The van der Waals surface area contributed by atoms with Crippen LogP contribution >= 0.6 is 0 Å². The monoisotopic (exact) mass is 514 g/mol. The maximum absolute atomic E-state index is 13.4. The van der Waals surface area contributed by atoms with E-state index in [0.717, 1.165) is 16.7 Å². The molecule has 0 unspecified atom stereocenters. The van der Waals surface area contributed by atoms with Crippen molar-refractivity contribution in [1.82, 2.24) is 9.62 Å². The van der Waals surface area contributed by atoms with Gasteiger partial charge in [-0.15, -0.1) is 0 Å². The third kappa shape index (κ3) is 6.07. The molecule has 0 radical (unpaired) electrons. The molecule has 0 atom stereocenters. The number of aryl methyl sites for hydroxylation is 1. The van der Waals surface area contributed by atoms with Crippen LogP contribution in [0.5, 0.6) is 5.75 Å². The van der Waals surface area contributed by atoms with Crippen molar-refractivity contribution in [3.8, 4) is 5.75 Å². The zero-order valence-electron chi connectivity index (χ0n) is 21.1. The second-order valence-electron chi connectivity index (χ2n) is 8.83. The molecule has 0 saturated heterocycles. The zero-order valence-corrected chi connectivity index (χ0v) is 21.9.